The first-order valence-electron chi connectivity index (χ1n) is 11.3. The third kappa shape index (κ3) is 5.54. The number of halogens is 7. The molecule has 0 bridgehead atoms. The highest BCUT2D eigenvalue weighted by molar-refractivity contribution is 5.98. The van der Waals surface area contributed by atoms with Crippen molar-refractivity contribution >= 4 is 23.1 Å². The van der Waals surface area contributed by atoms with Gasteiger partial charge in [-0.05, 0) is 38.1 Å². The molecule has 2 atom stereocenters. The molecule has 3 aromatic rings. The maximum Gasteiger partial charge on any atom is 0.418 e. The molecule has 9 nitrogen and oxygen atoms in total. The molecule has 39 heavy (non-hydrogen) atoms. The predicted octanol–water partition coefficient (Wildman–Crippen LogP) is 3.63. The number of aromatic nitrogens is 3. The number of carbonyl (C=O) groups excluding carboxylic acids is 2. The summed E-state index contributed by atoms with van der Waals surface area (Å²) in [6.07, 6.45) is -5.77. The van der Waals surface area contributed by atoms with Crippen molar-refractivity contribution in [2.75, 3.05) is 18.8 Å². The van der Waals surface area contributed by atoms with E-state index < -0.39 is 83.8 Å². The van der Waals surface area contributed by atoms with Gasteiger partial charge in [0.2, 0.25) is 0 Å². The van der Waals surface area contributed by atoms with E-state index in [4.69, 9.17) is 5.73 Å². The number of carbonyl (C=O) groups is 2. The number of nitrogens with one attached hydrogen (secondary N) is 1. The fourth-order valence-corrected chi connectivity index (χ4v) is 4.24. The molecule has 2 aromatic heterocycles. The van der Waals surface area contributed by atoms with E-state index in [-0.39, 0.29) is 11.3 Å². The quantitative estimate of drug-likeness (QED) is 0.444. The number of benzene rings is 1. The largest absolute Gasteiger partial charge is 0.434 e. The Morgan fingerprint density at radius 1 is 1.15 bits per heavy atom. The van der Waals surface area contributed by atoms with Gasteiger partial charge >= 0.3 is 12.8 Å². The van der Waals surface area contributed by atoms with Crippen LogP contribution in [0.2, 0.25) is 0 Å². The normalized spacial score (nSPS) is 18.2. The number of rotatable bonds is 6. The monoisotopic (exact) mass is 562 g/mol. The highest BCUT2D eigenvalue weighted by Crippen LogP contribution is 2.39. The third-order valence-corrected chi connectivity index (χ3v) is 5.98. The summed E-state index contributed by atoms with van der Waals surface area (Å²) in [5.41, 5.74) is 0.737. The Kier molecular flexibility index (Phi) is 7.08. The zero-order valence-electron chi connectivity index (χ0n) is 20.3. The van der Waals surface area contributed by atoms with Gasteiger partial charge in [-0.2, -0.15) is 27.1 Å². The highest BCUT2D eigenvalue weighted by Gasteiger charge is 2.42. The van der Waals surface area contributed by atoms with Crippen LogP contribution in [0.1, 0.15) is 29.8 Å². The summed E-state index contributed by atoms with van der Waals surface area (Å²) >= 11 is 0. The summed E-state index contributed by atoms with van der Waals surface area (Å²) in [6.45, 7) is -2.32. The van der Waals surface area contributed by atoms with Gasteiger partial charge in [-0.25, -0.2) is 18.3 Å². The van der Waals surface area contributed by atoms with Crippen LogP contribution < -0.4 is 15.8 Å². The lowest BCUT2D eigenvalue weighted by Crippen LogP contribution is -2.44. The Morgan fingerprint density at radius 3 is 2.46 bits per heavy atom. The molecule has 210 valence electrons. The van der Waals surface area contributed by atoms with Gasteiger partial charge in [0.05, 0.1) is 29.4 Å². The van der Waals surface area contributed by atoms with Gasteiger partial charge in [0.1, 0.15) is 23.8 Å². The van der Waals surface area contributed by atoms with Crippen LogP contribution in [0.3, 0.4) is 0 Å². The van der Waals surface area contributed by atoms with Crippen LogP contribution in [-0.4, -0.2) is 68.9 Å². The van der Waals surface area contributed by atoms with E-state index in [1.807, 2.05) is 0 Å². The smallest absolute Gasteiger partial charge is 0.418 e. The number of hydrogen-bond donors (Lipinski definition) is 2. The Hall–Kier alpha value is -4.11. The average molecular weight is 562 g/mol. The van der Waals surface area contributed by atoms with Gasteiger partial charge < -0.3 is 20.7 Å². The number of amides is 2. The second-order valence-electron chi connectivity index (χ2n) is 9.21. The average Bonchev–Trinajstić information content (AvgIpc) is 3.39. The minimum atomic E-state index is -4.86. The number of anilines is 1. The summed E-state index contributed by atoms with van der Waals surface area (Å²) < 4.78 is 101. The fraction of sp³-hybridized carbons (Fsp3) is 0.391. The van der Waals surface area contributed by atoms with E-state index in [1.54, 1.807) is 0 Å². The first-order chi connectivity index (χ1) is 18.1. The maximum atomic E-state index is 14.6. The van der Waals surface area contributed by atoms with Gasteiger partial charge in [-0.1, -0.05) is 0 Å². The molecule has 0 spiro atoms. The van der Waals surface area contributed by atoms with E-state index in [0.717, 1.165) is 47.8 Å². The van der Waals surface area contributed by atoms with Crippen molar-refractivity contribution in [3.63, 3.8) is 0 Å². The lowest BCUT2D eigenvalue weighted by Gasteiger charge is -2.22. The first-order valence-corrected chi connectivity index (χ1v) is 11.3. The van der Waals surface area contributed by atoms with Crippen molar-refractivity contribution in [2.24, 2.45) is 0 Å². The Balaban J connectivity index is 1.72. The third-order valence-electron chi connectivity index (χ3n) is 5.98. The number of alkyl halides is 7. The Morgan fingerprint density at radius 2 is 1.85 bits per heavy atom. The van der Waals surface area contributed by atoms with Crippen molar-refractivity contribution in [3.8, 4) is 17.0 Å². The number of hydrogen-bond acceptors (Lipinski definition) is 6. The standard InChI is InChI=1S/C23H21F7N6O3/c1-22(2,27)20(38)35-7-13(24)14(8-35)34-19(37)11-5-10(3-4-16(11)39-21(25)26)15-6-12(23(28,29)30)17-18(31)32-9-33-36(15)17/h3-6,9,13-14,21H,7-8H2,1-2H3,(H,34,37)(H2,31,32,33)/t13-,14+/m0/s1. The highest BCUT2D eigenvalue weighted by atomic mass is 19.4. The summed E-state index contributed by atoms with van der Waals surface area (Å²) in [5.74, 6) is -3.26. The molecule has 0 radical (unpaired) electrons. The Bertz CT molecular complexity index is 1420. The van der Waals surface area contributed by atoms with E-state index in [9.17, 15) is 40.3 Å². The molecule has 1 aliphatic rings. The molecule has 3 N–H and O–H groups in total. The van der Waals surface area contributed by atoms with Crippen LogP contribution >= 0.6 is 0 Å². The van der Waals surface area contributed by atoms with Crippen molar-refractivity contribution < 1.29 is 45.1 Å². The lowest BCUT2D eigenvalue weighted by atomic mass is 10.1. The van der Waals surface area contributed by atoms with E-state index in [0.29, 0.717) is 6.07 Å². The minimum Gasteiger partial charge on any atom is -0.434 e. The first kappa shape index (κ1) is 27.9. The number of ether oxygens (including phenoxy) is 1. The number of fused-ring (bicyclic) bond motifs is 1. The lowest BCUT2D eigenvalue weighted by molar-refractivity contribution is -0.141. The van der Waals surface area contributed by atoms with Gasteiger partial charge in [0.25, 0.3) is 11.8 Å². The second-order valence-corrected chi connectivity index (χ2v) is 9.21. The summed E-state index contributed by atoms with van der Waals surface area (Å²) in [5, 5.41) is 6.05. The van der Waals surface area contributed by atoms with Crippen LogP contribution in [0.25, 0.3) is 16.8 Å². The summed E-state index contributed by atoms with van der Waals surface area (Å²) in [6, 6.07) is 2.37. The molecule has 1 saturated heterocycles. The molecule has 1 aliphatic heterocycles. The van der Waals surface area contributed by atoms with Crippen LogP contribution in [0.5, 0.6) is 5.75 Å². The van der Waals surface area contributed by atoms with E-state index in [2.05, 4.69) is 20.1 Å². The molecule has 2 amide bonds. The number of nitrogens with zero attached hydrogens (tertiary/aromatic N) is 4. The van der Waals surface area contributed by atoms with Gasteiger partial charge in [0.15, 0.2) is 11.5 Å². The van der Waals surface area contributed by atoms with Crippen LogP contribution in [0.15, 0.2) is 30.6 Å². The molecule has 1 fully saturated rings. The van der Waals surface area contributed by atoms with E-state index in [1.165, 1.54) is 0 Å². The van der Waals surface area contributed by atoms with Crippen LogP contribution in [-0.2, 0) is 11.0 Å². The summed E-state index contributed by atoms with van der Waals surface area (Å²) in [4.78, 5) is 29.7. The molecular formula is C23H21F7N6O3. The molecule has 16 heteroatoms. The number of likely N-dealkylation sites (tertiary alicyclic amines) is 1. The van der Waals surface area contributed by atoms with Crippen LogP contribution in [0, 0.1) is 0 Å². The van der Waals surface area contributed by atoms with Crippen molar-refractivity contribution in [2.45, 2.75) is 44.5 Å². The van der Waals surface area contributed by atoms with E-state index >= 15 is 0 Å². The Labute approximate surface area is 215 Å². The minimum absolute atomic E-state index is 0.0791. The predicted molar refractivity (Wildman–Crippen MR) is 122 cm³/mol. The molecule has 3 heterocycles. The zero-order valence-corrected chi connectivity index (χ0v) is 20.3. The summed E-state index contributed by atoms with van der Waals surface area (Å²) in [7, 11) is 0. The maximum absolute atomic E-state index is 14.6. The molecule has 4 rings (SSSR count). The fourth-order valence-electron chi connectivity index (χ4n) is 4.24. The van der Waals surface area contributed by atoms with Gasteiger partial charge in [-0.3, -0.25) is 9.59 Å². The molecule has 0 saturated carbocycles. The van der Waals surface area contributed by atoms with Crippen molar-refractivity contribution in [3.05, 3.63) is 41.7 Å². The molecule has 1 aromatic carbocycles. The molecular weight excluding hydrogens is 541 g/mol. The van der Waals surface area contributed by atoms with Gasteiger partial charge in [0, 0.05) is 12.1 Å². The van der Waals surface area contributed by atoms with Crippen molar-refractivity contribution in [1.29, 1.82) is 0 Å². The number of nitrogens with two attached hydrogens (primary N) is 1. The molecule has 0 unspecified atom stereocenters. The molecule has 0 aliphatic carbocycles. The van der Waals surface area contributed by atoms with Gasteiger partial charge in [-0.15, -0.1) is 0 Å². The van der Waals surface area contributed by atoms with Crippen LogP contribution in [0.4, 0.5) is 36.6 Å². The zero-order chi connectivity index (χ0) is 28.9. The number of nitrogen functional groups attached to an aromatic ring is 1. The SMILES string of the molecule is CC(C)(F)C(=O)N1C[C@H](F)[C@H](NC(=O)c2cc(-c3cc(C(F)(F)F)c4c(N)ncnn34)ccc2OC(F)F)C1. The topological polar surface area (TPSA) is 115 Å². The second kappa shape index (κ2) is 9.89. The van der Waals surface area contributed by atoms with Crippen molar-refractivity contribution in [1.82, 2.24) is 24.8 Å².